The summed E-state index contributed by atoms with van der Waals surface area (Å²) in [6, 6.07) is 14.9. The average Bonchev–Trinajstić information content (AvgIpc) is 2.23. The summed E-state index contributed by atoms with van der Waals surface area (Å²) >= 11 is 3.60. The van der Waals surface area contributed by atoms with Gasteiger partial charge in [-0.25, -0.2) is 0 Å². The van der Waals surface area contributed by atoms with Gasteiger partial charge in [0.1, 0.15) is 0 Å². The first kappa shape index (κ1) is 10.4. The van der Waals surface area contributed by atoms with E-state index in [1.165, 1.54) is 22.3 Å². The minimum absolute atomic E-state index is 1.16. The maximum Gasteiger partial charge on any atom is 0.0254 e. The molecule has 1 heteroatoms. The molecule has 0 radical (unpaired) electrons. The third kappa shape index (κ3) is 2.13. The first-order valence-corrected chi connectivity index (χ1v) is 5.80. The largest absolute Gasteiger partial charge is 0.0620 e. The highest BCUT2D eigenvalue weighted by molar-refractivity contribution is 9.10. The fraction of sp³-hybridized carbons (Fsp3) is 0.143. The van der Waals surface area contributed by atoms with Gasteiger partial charge in [-0.15, -0.1) is 0 Å². The molecule has 0 atom stereocenters. The number of hydrogen-bond donors (Lipinski definition) is 0. The fourth-order valence-electron chi connectivity index (χ4n) is 1.72. The molecule has 0 unspecified atom stereocenters. The molecule has 0 saturated carbocycles. The molecule has 0 aliphatic rings. The second-order valence-corrected chi connectivity index (χ2v) is 4.65. The Morgan fingerprint density at radius 1 is 0.867 bits per heavy atom. The summed E-state index contributed by atoms with van der Waals surface area (Å²) in [6.45, 7) is 4.26. The summed E-state index contributed by atoms with van der Waals surface area (Å²) in [5, 5.41) is 0. The topological polar surface area (TPSA) is 0 Å². The Labute approximate surface area is 99.1 Å². The lowest BCUT2D eigenvalue weighted by Crippen LogP contribution is -1.85. The first-order chi connectivity index (χ1) is 7.18. The summed E-state index contributed by atoms with van der Waals surface area (Å²) in [6.07, 6.45) is 0. The highest BCUT2D eigenvalue weighted by Crippen LogP contribution is 2.31. The molecule has 0 bridgehead atoms. The van der Waals surface area contributed by atoms with Gasteiger partial charge in [0.15, 0.2) is 0 Å². The van der Waals surface area contributed by atoms with Crippen LogP contribution in [0, 0.1) is 13.8 Å². The van der Waals surface area contributed by atoms with Crippen LogP contribution in [0.25, 0.3) is 11.1 Å². The van der Waals surface area contributed by atoms with E-state index in [-0.39, 0.29) is 0 Å². The number of rotatable bonds is 1. The molecular weight excluding hydrogens is 248 g/mol. The average molecular weight is 261 g/mol. The molecule has 0 N–H and O–H groups in total. The number of hydrogen-bond acceptors (Lipinski definition) is 0. The van der Waals surface area contributed by atoms with Gasteiger partial charge in [0.25, 0.3) is 0 Å². The van der Waals surface area contributed by atoms with E-state index in [0.29, 0.717) is 0 Å². The van der Waals surface area contributed by atoms with Gasteiger partial charge in [-0.1, -0.05) is 57.9 Å². The van der Waals surface area contributed by atoms with E-state index in [2.05, 4.69) is 72.2 Å². The molecule has 0 nitrogen and oxygen atoms in total. The predicted molar refractivity (Wildman–Crippen MR) is 69.1 cm³/mol. The quantitative estimate of drug-likeness (QED) is 0.696. The van der Waals surface area contributed by atoms with E-state index in [1.807, 2.05) is 0 Å². The Kier molecular flexibility index (Phi) is 2.92. The van der Waals surface area contributed by atoms with Gasteiger partial charge in [-0.3, -0.25) is 0 Å². The van der Waals surface area contributed by atoms with Crippen LogP contribution in [0.2, 0.25) is 0 Å². The highest BCUT2D eigenvalue weighted by Gasteiger charge is 2.05. The van der Waals surface area contributed by atoms with Crippen molar-refractivity contribution in [3.8, 4) is 11.1 Å². The van der Waals surface area contributed by atoms with Crippen LogP contribution in [0.5, 0.6) is 0 Å². The van der Waals surface area contributed by atoms with E-state index in [0.717, 1.165) is 4.47 Å². The lowest BCUT2D eigenvalue weighted by Gasteiger charge is -2.08. The number of benzene rings is 2. The van der Waals surface area contributed by atoms with Crippen molar-refractivity contribution in [2.45, 2.75) is 13.8 Å². The molecule has 2 aromatic carbocycles. The number of halogens is 1. The summed E-state index contributed by atoms with van der Waals surface area (Å²) in [5.74, 6) is 0. The van der Waals surface area contributed by atoms with Crippen LogP contribution in [0.1, 0.15) is 11.1 Å². The zero-order valence-electron chi connectivity index (χ0n) is 8.92. The van der Waals surface area contributed by atoms with Crippen LogP contribution in [0.15, 0.2) is 46.9 Å². The minimum Gasteiger partial charge on any atom is -0.0620 e. The molecule has 0 aromatic heterocycles. The van der Waals surface area contributed by atoms with Gasteiger partial charge in [0.2, 0.25) is 0 Å². The summed E-state index contributed by atoms with van der Waals surface area (Å²) < 4.78 is 1.16. The zero-order valence-corrected chi connectivity index (χ0v) is 10.5. The molecule has 2 rings (SSSR count). The first-order valence-electron chi connectivity index (χ1n) is 5.00. The molecule has 0 spiro atoms. The molecular formula is C14H13Br. The third-order valence-electron chi connectivity index (χ3n) is 2.56. The van der Waals surface area contributed by atoms with Gasteiger partial charge in [-0.05, 0) is 36.6 Å². The summed E-state index contributed by atoms with van der Waals surface area (Å²) in [5.41, 5.74) is 5.17. The zero-order chi connectivity index (χ0) is 10.8. The van der Waals surface area contributed by atoms with Crippen molar-refractivity contribution in [3.63, 3.8) is 0 Å². The van der Waals surface area contributed by atoms with Crippen molar-refractivity contribution in [1.82, 2.24) is 0 Å². The molecule has 76 valence electrons. The van der Waals surface area contributed by atoms with Crippen molar-refractivity contribution in [1.29, 1.82) is 0 Å². The summed E-state index contributed by atoms with van der Waals surface area (Å²) in [4.78, 5) is 0. The molecule has 2 aromatic rings. The Morgan fingerprint density at radius 3 is 2.33 bits per heavy atom. The second kappa shape index (κ2) is 4.19. The van der Waals surface area contributed by atoms with Crippen molar-refractivity contribution < 1.29 is 0 Å². The number of aryl methyl sites for hydroxylation is 2. The smallest absolute Gasteiger partial charge is 0.0254 e. The molecule has 0 aliphatic heterocycles. The Morgan fingerprint density at radius 2 is 1.60 bits per heavy atom. The summed E-state index contributed by atoms with van der Waals surface area (Å²) in [7, 11) is 0. The van der Waals surface area contributed by atoms with Gasteiger partial charge in [0, 0.05) is 4.47 Å². The Hall–Kier alpha value is -1.08. The van der Waals surface area contributed by atoms with Crippen molar-refractivity contribution in [2.24, 2.45) is 0 Å². The molecule has 0 heterocycles. The van der Waals surface area contributed by atoms with E-state index < -0.39 is 0 Å². The third-order valence-corrected chi connectivity index (χ3v) is 3.25. The van der Waals surface area contributed by atoms with Crippen LogP contribution in [0.4, 0.5) is 0 Å². The van der Waals surface area contributed by atoms with Crippen LogP contribution in [0.3, 0.4) is 0 Å². The normalized spacial score (nSPS) is 10.3. The molecule has 0 fully saturated rings. The fourth-order valence-corrected chi connectivity index (χ4v) is 2.18. The van der Waals surface area contributed by atoms with Crippen molar-refractivity contribution >= 4 is 15.9 Å². The predicted octanol–water partition coefficient (Wildman–Crippen LogP) is 4.73. The second-order valence-electron chi connectivity index (χ2n) is 3.80. The van der Waals surface area contributed by atoms with E-state index in [4.69, 9.17) is 0 Å². The van der Waals surface area contributed by atoms with Gasteiger partial charge in [0.05, 0.1) is 0 Å². The molecule has 15 heavy (non-hydrogen) atoms. The van der Waals surface area contributed by atoms with E-state index in [9.17, 15) is 0 Å². The SMILES string of the molecule is Cc1ccc(Br)c(-c2ccccc2C)c1. The van der Waals surface area contributed by atoms with Crippen molar-refractivity contribution in [3.05, 3.63) is 58.1 Å². The van der Waals surface area contributed by atoms with Gasteiger partial charge in [-0.2, -0.15) is 0 Å². The Balaban J connectivity index is 2.64. The maximum atomic E-state index is 3.60. The molecule has 0 saturated heterocycles. The lowest BCUT2D eigenvalue weighted by atomic mass is 9.99. The van der Waals surface area contributed by atoms with E-state index >= 15 is 0 Å². The molecule has 0 amide bonds. The Bertz CT molecular complexity index is 486. The van der Waals surface area contributed by atoms with Crippen LogP contribution in [-0.4, -0.2) is 0 Å². The molecule has 0 aliphatic carbocycles. The lowest BCUT2D eigenvalue weighted by molar-refractivity contribution is 1.41. The van der Waals surface area contributed by atoms with Crippen LogP contribution < -0.4 is 0 Å². The van der Waals surface area contributed by atoms with E-state index in [1.54, 1.807) is 0 Å². The standard InChI is InChI=1S/C14H13Br/c1-10-7-8-14(15)13(9-10)12-6-4-3-5-11(12)2/h3-9H,1-2H3. The van der Waals surface area contributed by atoms with Gasteiger partial charge >= 0.3 is 0 Å². The monoisotopic (exact) mass is 260 g/mol. The van der Waals surface area contributed by atoms with Crippen molar-refractivity contribution in [2.75, 3.05) is 0 Å². The van der Waals surface area contributed by atoms with Gasteiger partial charge < -0.3 is 0 Å². The highest BCUT2D eigenvalue weighted by atomic mass is 79.9. The minimum atomic E-state index is 1.16. The maximum absolute atomic E-state index is 3.60. The van der Waals surface area contributed by atoms with Crippen LogP contribution >= 0.6 is 15.9 Å². The van der Waals surface area contributed by atoms with Crippen LogP contribution in [-0.2, 0) is 0 Å².